The van der Waals surface area contributed by atoms with E-state index in [1.54, 1.807) is 18.4 Å². The highest BCUT2D eigenvalue weighted by Gasteiger charge is 2.25. The van der Waals surface area contributed by atoms with Gasteiger partial charge in [0.05, 0.1) is 22.3 Å². The van der Waals surface area contributed by atoms with Crippen LogP contribution < -0.4 is 0 Å². The van der Waals surface area contributed by atoms with Crippen LogP contribution in [0.5, 0.6) is 0 Å². The van der Waals surface area contributed by atoms with E-state index in [-0.39, 0.29) is 17.4 Å². The van der Waals surface area contributed by atoms with Crippen molar-refractivity contribution in [2.45, 2.75) is 46.4 Å². The molecule has 0 radical (unpaired) electrons. The molecule has 0 saturated carbocycles. The van der Waals surface area contributed by atoms with E-state index >= 15 is 0 Å². The highest BCUT2D eigenvalue weighted by molar-refractivity contribution is 5.96. The predicted molar refractivity (Wildman–Crippen MR) is 155 cm³/mol. The number of nitrogens with zero attached hydrogens (tertiary/aromatic N) is 2. The summed E-state index contributed by atoms with van der Waals surface area (Å²) >= 11 is 0. The van der Waals surface area contributed by atoms with E-state index in [0.29, 0.717) is 5.58 Å². The average molecular weight is 488 g/mol. The van der Waals surface area contributed by atoms with Gasteiger partial charge in [-0.3, -0.25) is 4.57 Å². The Morgan fingerprint density at radius 1 is 0.784 bits per heavy atom. The topological polar surface area (TPSA) is 31.0 Å². The summed E-state index contributed by atoms with van der Waals surface area (Å²) in [5, 5.41) is 0.836. The molecule has 0 aliphatic rings. The van der Waals surface area contributed by atoms with Crippen molar-refractivity contribution in [3.05, 3.63) is 108 Å². The molecule has 3 nitrogen and oxygen atoms in total. The summed E-state index contributed by atoms with van der Waals surface area (Å²) in [7, 11) is 0. The maximum Gasteiger partial charge on any atom is 0.149 e. The Morgan fingerprint density at radius 2 is 1.49 bits per heavy atom. The van der Waals surface area contributed by atoms with Gasteiger partial charge in [0, 0.05) is 9.50 Å². The van der Waals surface area contributed by atoms with Crippen molar-refractivity contribution in [1.82, 2.24) is 9.55 Å². The maximum absolute atomic E-state index is 7.82. The van der Waals surface area contributed by atoms with Gasteiger partial charge in [0.15, 0.2) is 0 Å². The fourth-order valence-electron chi connectivity index (χ4n) is 5.25. The van der Waals surface area contributed by atoms with E-state index in [4.69, 9.17) is 13.5 Å². The molecule has 6 rings (SSSR count). The number of fused-ring (bicyclic) bond motifs is 2. The number of aromatic nitrogens is 2. The fraction of sp³-hybridized carbons (Fsp3) is 0.206. The molecule has 0 saturated heterocycles. The molecule has 4 aromatic carbocycles. The Hall–Kier alpha value is -4.11. The van der Waals surface area contributed by atoms with Gasteiger partial charge in [-0.25, -0.2) is 4.98 Å². The molecule has 0 aliphatic heterocycles. The van der Waals surface area contributed by atoms with Crippen LogP contribution in [-0.4, -0.2) is 9.55 Å². The maximum atomic E-state index is 7.82. The third-order valence-electron chi connectivity index (χ3n) is 7.12. The Kier molecular flexibility index (Phi) is 4.91. The molecule has 0 N–H and O–H groups in total. The molecular formula is C34H32N2O. The van der Waals surface area contributed by atoms with Crippen LogP contribution in [0.3, 0.4) is 0 Å². The Labute approximate surface area is 222 Å². The summed E-state index contributed by atoms with van der Waals surface area (Å²) in [6, 6.07) is 28.5. The van der Waals surface area contributed by atoms with E-state index in [9.17, 15) is 0 Å². The molecule has 6 aromatic rings. The SMILES string of the molecule is [2H]C([2H])([2H])c1ccc2c(-c3nc4ccccc4n3-c3c(C(C)C)cc(-c4ccccc4)cc3C(C)C)coc2c1. The first kappa shape index (κ1) is 20.0. The summed E-state index contributed by atoms with van der Waals surface area (Å²) in [5.41, 5.74) is 9.56. The van der Waals surface area contributed by atoms with Gasteiger partial charge in [0.25, 0.3) is 0 Å². The first-order valence-electron chi connectivity index (χ1n) is 14.4. The number of furan rings is 1. The number of para-hydroxylation sites is 2. The van der Waals surface area contributed by atoms with Crippen LogP contribution in [0.15, 0.2) is 95.6 Å². The highest BCUT2D eigenvalue weighted by Crippen LogP contribution is 2.41. The first-order valence-corrected chi connectivity index (χ1v) is 12.9. The van der Waals surface area contributed by atoms with E-state index in [0.717, 1.165) is 33.5 Å². The number of imidazole rings is 1. The number of aryl methyl sites for hydroxylation is 1. The van der Waals surface area contributed by atoms with Gasteiger partial charge < -0.3 is 4.42 Å². The molecular weight excluding hydrogens is 452 g/mol. The molecule has 0 bridgehead atoms. The van der Waals surface area contributed by atoms with Crippen molar-refractivity contribution < 1.29 is 8.53 Å². The Balaban J connectivity index is 1.67. The lowest BCUT2D eigenvalue weighted by atomic mass is 9.88. The van der Waals surface area contributed by atoms with Crippen molar-refractivity contribution in [3.8, 4) is 28.2 Å². The second kappa shape index (κ2) is 9.08. The third kappa shape index (κ3) is 3.95. The van der Waals surface area contributed by atoms with Crippen LogP contribution in [0, 0.1) is 6.85 Å². The zero-order valence-electron chi connectivity index (χ0n) is 24.6. The van der Waals surface area contributed by atoms with Gasteiger partial charge in [0.1, 0.15) is 17.7 Å². The first-order chi connectivity index (χ1) is 19.1. The van der Waals surface area contributed by atoms with Gasteiger partial charge >= 0.3 is 0 Å². The average Bonchev–Trinajstić information content (AvgIpc) is 3.53. The van der Waals surface area contributed by atoms with Crippen LogP contribution >= 0.6 is 0 Å². The quantitative estimate of drug-likeness (QED) is 0.242. The predicted octanol–water partition coefficient (Wildman–Crippen LogP) is 9.66. The third-order valence-corrected chi connectivity index (χ3v) is 7.12. The van der Waals surface area contributed by atoms with Crippen LogP contribution in [0.2, 0.25) is 0 Å². The minimum atomic E-state index is -2.20. The normalized spacial score (nSPS) is 13.4. The lowest BCUT2D eigenvalue weighted by Gasteiger charge is -2.24. The number of hydrogen-bond acceptors (Lipinski definition) is 2. The monoisotopic (exact) mass is 487 g/mol. The van der Waals surface area contributed by atoms with Crippen molar-refractivity contribution in [1.29, 1.82) is 0 Å². The van der Waals surface area contributed by atoms with E-state index in [1.807, 2.05) is 30.3 Å². The summed E-state index contributed by atoms with van der Waals surface area (Å²) in [4.78, 5) is 5.13. The molecule has 0 aliphatic carbocycles. The minimum absolute atomic E-state index is 0.258. The lowest BCUT2D eigenvalue weighted by molar-refractivity contribution is 0.616. The van der Waals surface area contributed by atoms with Gasteiger partial charge in [-0.2, -0.15) is 0 Å². The highest BCUT2D eigenvalue weighted by atomic mass is 16.3. The second-order valence-corrected chi connectivity index (χ2v) is 10.3. The second-order valence-electron chi connectivity index (χ2n) is 10.3. The van der Waals surface area contributed by atoms with Crippen LogP contribution in [-0.2, 0) is 0 Å². The molecule has 0 atom stereocenters. The summed E-state index contributed by atoms with van der Waals surface area (Å²) in [6.07, 6.45) is 1.70. The molecule has 0 unspecified atom stereocenters. The molecule has 0 fully saturated rings. The molecule has 37 heavy (non-hydrogen) atoms. The van der Waals surface area contributed by atoms with Crippen LogP contribution in [0.4, 0.5) is 0 Å². The zero-order chi connectivity index (χ0) is 28.2. The Bertz CT molecular complexity index is 1810. The fourth-order valence-corrected chi connectivity index (χ4v) is 5.25. The van der Waals surface area contributed by atoms with Crippen LogP contribution in [0.25, 0.3) is 50.2 Å². The standard InChI is InChI=1S/C34H32N2O/c1-21(2)27-18-25(24-11-7-6-8-12-24)19-28(22(3)4)33(27)36-31-14-10-9-13-30(31)35-34(36)29-20-37-32-17-23(5)15-16-26(29)32/h6-22H,1-5H3/i5D3. The number of rotatable bonds is 5. The Morgan fingerprint density at radius 3 is 2.19 bits per heavy atom. The van der Waals surface area contributed by atoms with Gasteiger partial charge in [-0.05, 0) is 76.8 Å². The zero-order valence-corrected chi connectivity index (χ0v) is 21.6. The molecule has 0 amide bonds. The van der Waals surface area contributed by atoms with Crippen LogP contribution in [0.1, 0.15) is 60.3 Å². The number of benzene rings is 4. The largest absolute Gasteiger partial charge is 0.464 e. The smallest absolute Gasteiger partial charge is 0.149 e. The molecule has 2 aromatic heterocycles. The summed E-state index contributed by atoms with van der Waals surface area (Å²) in [6.45, 7) is 6.74. The van der Waals surface area contributed by atoms with Crippen molar-refractivity contribution >= 4 is 22.0 Å². The summed E-state index contributed by atoms with van der Waals surface area (Å²) < 4.78 is 31.7. The van der Waals surface area contributed by atoms with Gasteiger partial charge in [0.2, 0.25) is 0 Å². The van der Waals surface area contributed by atoms with E-state index in [1.165, 1.54) is 22.3 Å². The summed E-state index contributed by atoms with van der Waals surface area (Å²) in [5.74, 6) is 1.29. The van der Waals surface area contributed by atoms with Gasteiger partial charge in [-0.1, -0.05) is 82.3 Å². The molecule has 184 valence electrons. The van der Waals surface area contributed by atoms with E-state index in [2.05, 4.69) is 74.7 Å². The molecule has 3 heteroatoms. The van der Waals surface area contributed by atoms with Crippen molar-refractivity contribution in [2.24, 2.45) is 0 Å². The van der Waals surface area contributed by atoms with Gasteiger partial charge in [-0.15, -0.1) is 0 Å². The van der Waals surface area contributed by atoms with E-state index < -0.39 is 6.85 Å². The van der Waals surface area contributed by atoms with Crippen molar-refractivity contribution in [3.63, 3.8) is 0 Å². The molecule has 0 spiro atoms. The minimum Gasteiger partial charge on any atom is -0.464 e. The molecule has 2 heterocycles. The number of hydrogen-bond donors (Lipinski definition) is 0. The van der Waals surface area contributed by atoms with Crippen molar-refractivity contribution in [2.75, 3.05) is 0 Å². The lowest BCUT2D eigenvalue weighted by Crippen LogP contribution is -2.09.